The summed E-state index contributed by atoms with van der Waals surface area (Å²) in [7, 11) is 0. The van der Waals surface area contributed by atoms with Crippen LogP contribution in [-0.4, -0.2) is 28.2 Å². The maximum absolute atomic E-state index is 12.6. The van der Waals surface area contributed by atoms with E-state index in [4.69, 9.17) is 14.7 Å². The zero-order valence-electron chi connectivity index (χ0n) is 17.4. The molecular formula is C22H27N3O2S2. The van der Waals surface area contributed by atoms with E-state index in [1.165, 1.54) is 22.2 Å². The summed E-state index contributed by atoms with van der Waals surface area (Å²) in [6.07, 6.45) is 2.77. The summed E-state index contributed by atoms with van der Waals surface area (Å²) < 4.78 is 5.59. The fourth-order valence-corrected chi connectivity index (χ4v) is 5.29. The number of hydrogen-bond donors (Lipinski definition) is 1. The zero-order chi connectivity index (χ0) is 20.8. The summed E-state index contributed by atoms with van der Waals surface area (Å²) in [4.78, 5) is 24.5. The van der Waals surface area contributed by atoms with Gasteiger partial charge < -0.3 is 10.1 Å². The van der Waals surface area contributed by atoms with Crippen molar-refractivity contribution in [2.75, 3.05) is 17.7 Å². The molecule has 5 nitrogen and oxygen atoms in total. The summed E-state index contributed by atoms with van der Waals surface area (Å²) in [6, 6.07) is 7.50. The molecule has 3 aromatic rings. The van der Waals surface area contributed by atoms with Gasteiger partial charge in [-0.2, -0.15) is 0 Å². The van der Waals surface area contributed by atoms with Crippen LogP contribution in [0.15, 0.2) is 29.3 Å². The van der Waals surface area contributed by atoms with Crippen molar-refractivity contribution in [1.82, 2.24) is 9.97 Å². The number of fused-ring (bicyclic) bond motifs is 1. The number of thioether (sulfide) groups is 1. The maximum Gasteiger partial charge on any atom is 0.234 e. The van der Waals surface area contributed by atoms with E-state index in [9.17, 15) is 4.79 Å². The van der Waals surface area contributed by atoms with Crippen LogP contribution in [0.2, 0.25) is 0 Å². The van der Waals surface area contributed by atoms with Crippen LogP contribution < -0.4 is 10.1 Å². The number of carbonyl (C=O) groups excluding carboxylic acids is 1. The van der Waals surface area contributed by atoms with Gasteiger partial charge >= 0.3 is 0 Å². The first-order valence-corrected chi connectivity index (χ1v) is 11.8. The molecular weight excluding hydrogens is 402 g/mol. The average molecular weight is 430 g/mol. The summed E-state index contributed by atoms with van der Waals surface area (Å²) in [5, 5.41) is 4.99. The lowest BCUT2D eigenvalue weighted by Gasteiger charge is -2.11. The van der Waals surface area contributed by atoms with E-state index in [2.05, 4.69) is 26.1 Å². The number of para-hydroxylation sites is 2. The maximum atomic E-state index is 12.6. The van der Waals surface area contributed by atoms with Gasteiger partial charge in [0.25, 0.3) is 0 Å². The molecule has 0 aliphatic carbocycles. The number of thiophene rings is 1. The smallest absolute Gasteiger partial charge is 0.234 e. The second kappa shape index (κ2) is 10.1. The third-order valence-electron chi connectivity index (χ3n) is 4.49. The van der Waals surface area contributed by atoms with E-state index in [1.807, 2.05) is 31.2 Å². The van der Waals surface area contributed by atoms with Crippen molar-refractivity contribution < 1.29 is 9.53 Å². The Morgan fingerprint density at radius 3 is 2.72 bits per heavy atom. The number of nitrogens with zero attached hydrogens (tertiary/aromatic N) is 2. The van der Waals surface area contributed by atoms with Crippen LogP contribution in [0.25, 0.3) is 10.2 Å². The van der Waals surface area contributed by atoms with Crippen LogP contribution in [-0.2, 0) is 17.6 Å². The van der Waals surface area contributed by atoms with Crippen molar-refractivity contribution in [1.29, 1.82) is 0 Å². The Morgan fingerprint density at radius 2 is 2.00 bits per heavy atom. The number of aryl methyl sites for hydroxylation is 3. The van der Waals surface area contributed by atoms with Crippen molar-refractivity contribution in [3.05, 3.63) is 40.5 Å². The van der Waals surface area contributed by atoms with Crippen LogP contribution in [0.3, 0.4) is 0 Å². The Labute approximate surface area is 180 Å². The van der Waals surface area contributed by atoms with Crippen LogP contribution in [0, 0.1) is 6.92 Å². The Morgan fingerprint density at radius 1 is 1.21 bits per heavy atom. The number of amides is 1. The average Bonchev–Trinajstić information content (AvgIpc) is 3.03. The minimum absolute atomic E-state index is 0.0732. The molecule has 29 heavy (non-hydrogen) atoms. The van der Waals surface area contributed by atoms with Crippen LogP contribution in [0.1, 0.15) is 43.5 Å². The lowest BCUT2D eigenvalue weighted by atomic mass is 10.1. The summed E-state index contributed by atoms with van der Waals surface area (Å²) in [5.41, 5.74) is 1.98. The van der Waals surface area contributed by atoms with Gasteiger partial charge in [0.2, 0.25) is 5.91 Å². The van der Waals surface area contributed by atoms with Gasteiger partial charge in [-0.25, -0.2) is 9.97 Å². The molecule has 0 atom stereocenters. The van der Waals surface area contributed by atoms with Crippen molar-refractivity contribution in [2.45, 2.75) is 52.0 Å². The molecule has 1 aromatic carbocycles. The molecule has 0 spiro atoms. The molecule has 7 heteroatoms. The minimum atomic E-state index is -0.0732. The Hall–Kier alpha value is -2.12. The summed E-state index contributed by atoms with van der Waals surface area (Å²) in [6.45, 7) is 8.90. The molecule has 0 bridgehead atoms. The molecule has 0 saturated heterocycles. The molecule has 0 fully saturated rings. The summed E-state index contributed by atoms with van der Waals surface area (Å²) >= 11 is 3.20. The quantitative estimate of drug-likeness (QED) is 0.352. The van der Waals surface area contributed by atoms with Gasteiger partial charge in [0, 0.05) is 16.7 Å². The van der Waals surface area contributed by atoms with Crippen molar-refractivity contribution in [3.63, 3.8) is 0 Å². The molecule has 2 heterocycles. The van der Waals surface area contributed by atoms with Gasteiger partial charge in [0.05, 0.1) is 18.0 Å². The predicted octanol–water partition coefficient (Wildman–Crippen LogP) is 5.64. The molecule has 0 radical (unpaired) electrons. The van der Waals surface area contributed by atoms with Crippen LogP contribution in [0.5, 0.6) is 5.75 Å². The van der Waals surface area contributed by atoms with Crippen LogP contribution in [0.4, 0.5) is 5.69 Å². The zero-order valence-corrected chi connectivity index (χ0v) is 19.0. The van der Waals surface area contributed by atoms with Gasteiger partial charge in [-0.1, -0.05) is 37.7 Å². The van der Waals surface area contributed by atoms with E-state index in [1.54, 1.807) is 11.3 Å². The third-order valence-corrected chi connectivity index (χ3v) is 6.51. The fourth-order valence-electron chi connectivity index (χ4n) is 3.21. The molecule has 3 rings (SSSR count). The first-order chi connectivity index (χ1) is 14.1. The molecule has 2 aromatic heterocycles. The second-order valence-electron chi connectivity index (χ2n) is 6.63. The summed E-state index contributed by atoms with van der Waals surface area (Å²) in [5.74, 6) is 1.75. The topological polar surface area (TPSA) is 64.1 Å². The first kappa shape index (κ1) is 21.6. The van der Waals surface area contributed by atoms with E-state index in [0.717, 1.165) is 40.3 Å². The van der Waals surface area contributed by atoms with Gasteiger partial charge in [-0.15, -0.1) is 11.3 Å². The molecule has 0 unspecified atom stereocenters. The first-order valence-electron chi connectivity index (χ1n) is 10.0. The molecule has 154 valence electrons. The SMILES string of the molecule is CCCc1nc(SCC(=O)Nc2ccccc2OCC)c2c(CC)c(C)sc2n1. The number of hydrogen-bond acceptors (Lipinski definition) is 6. The van der Waals surface area contributed by atoms with Crippen LogP contribution >= 0.6 is 23.1 Å². The van der Waals surface area contributed by atoms with E-state index >= 15 is 0 Å². The van der Waals surface area contributed by atoms with Gasteiger partial charge in [0.15, 0.2) is 0 Å². The third kappa shape index (κ3) is 5.08. The Kier molecular flexibility index (Phi) is 7.50. The second-order valence-corrected chi connectivity index (χ2v) is 8.80. The van der Waals surface area contributed by atoms with Gasteiger partial charge in [-0.3, -0.25) is 4.79 Å². The number of anilines is 1. The highest BCUT2D eigenvalue weighted by atomic mass is 32.2. The monoisotopic (exact) mass is 429 g/mol. The highest BCUT2D eigenvalue weighted by Crippen LogP contribution is 2.36. The Balaban J connectivity index is 1.81. The standard InChI is InChI=1S/C22H27N3O2S2/c1-5-10-18-24-21(20-15(6-2)14(4)29-22(20)25-18)28-13-19(26)23-16-11-8-9-12-17(16)27-7-3/h8-9,11-12H,5-7,10,13H2,1-4H3,(H,23,26). The normalized spacial score (nSPS) is 11.0. The minimum Gasteiger partial charge on any atom is -0.492 e. The number of aromatic nitrogens is 2. The van der Waals surface area contributed by atoms with Crippen molar-refractivity contribution in [2.24, 2.45) is 0 Å². The molecule has 0 aliphatic rings. The van der Waals surface area contributed by atoms with E-state index in [0.29, 0.717) is 18.0 Å². The largest absolute Gasteiger partial charge is 0.492 e. The number of nitrogens with one attached hydrogen (secondary N) is 1. The Bertz CT molecular complexity index is 1000. The van der Waals surface area contributed by atoms with Crippen molar-refractivity contribution >= 4 is 44.9 Å². The number of rotatable bonds is 9. The van der Waals surface area contributed by atoms with Gasteiger partial charge in [-0.05, 0) is 44.4 Å². The highest BCUT2D eigenvalue weighted by molar-refractivity contribution is 8.00. The lowest BCUT2D eigenvalue weighted by Crippen LogP contribution is -2.15. The molecule has 1 amide bonds. The highest BCUT2D eigenvalue weighted by Gasteiger charge is 2.17. The number of ether oxygens (including phenoxy) is 1. The predicted molar refractivity (Wildman–Crippen MR) is 122 cm³/mol. The molecule has 0 aliphatic heterocycles. The molecule has 0 saturated carbocycles. The lowest BCUT2D eigenvalue weighted by molar-refractivity contribution is -0.113. The van der Waals surface area contributed by atoms with E-state index in [-0.39, 0.29) is 11.7 Å². The van der Waals surface area contributed by atoms with E-state index < -0.39 is 0 Å². The van der Waals surface area contributed by atoms with Gasteiger partial charge in [0.1, 0.15) is 21.4 Å². The fraction of sp³-hybridized carbons (Fsp3) is 0.409. The number of carbonyl (C=O) groups is 1. The molecule has 1 N–H and O–H groups in total. The number of benzene rings is 1. The van der Waals surface area contributed by atoms with Crippen molar-refractivity contribution in [3.8, 4) is 5.75 Å².